The van der Waals surface area contributed by atoms with Gasteiger partial charge in [0.2, 0.25) is 5.91 Å². The minimum Gasteiger partial charge on any atom is -0.392 e. The van der Waals surface area contributed by atoms with Crippen molar-refractivity contribution in [3.05, 3.63) is 35.4 Å². The van der Waals surface area contributed by atoms with Crippen LogP contribution in [0.3, 0.4) is 0 Å². The summed E-state index contributed by atoms with van der Waals surface area (Å²) in [5.74, 6) is -1.91. The van der Waals surface area contributed by atoms with Crippen LogP contribution in [0.25, 0.3) is 0 Å². The number of aliphatic hydroxyl groups excluding tert-OH is 1. The first-order valence-corrected chi connectivity index (χ1v) is 7.90. The van der Waals surface area contributed by atoms with Gasteiger partial charge in [-0.15, -0.1) is 0 Å². The highest BCUT2D eigenvalue weighted by molar-refractivity contribution is 5.76. The zero-order chi connectivity index (χ0) is 17.7. The summed E-state index contributed by atoms with van der Waals surface area (Å²) in [6.07, 6.45) is 0.384. The van der Waals surface area contributed by atoms with Gasteiger partial charge in [-0.05, 0) is 24.1 Å². The molecule has 0 aliphatic carbocycles. The summed E-state index contributed by atoms with van der Waals surface area (Å²) < 4.78 is 26.5. The van der Waals surface area contributed by atoms with E-state index < -0.39 is 17.7 Å². The zero-order valence-corrected chi connectivity index (χ0v) is 13.6. The zero-order valence-electron chi connectivity index (χ0n) is 13.6. The van der Waals surface area contributed by atoms with Gasteiger partial charge in [0.1, 0.15) is 0 Å². The summed E-state index contributed by atoms with van der Waals surface area (Å²) in [5, 5.41) is 18.5. The molecule has 0 bridgehead atoms. The molecule has 130 valence electrons. The highest BCUT2D eigenvalue weighted by Gasteiger charge is 2.32. The quantitative estimate of drug-likeness (QED) is 0.860. The van der Waals surface area contributed by atoms with E-state index in [2.05, 4.69) is 0 Å². The number of carbonyl (C=O) groups is 1. The molecule has 2 atom stereocenters. The van der Waals surface area contributed by atoms with Crippen molar-refractivity contribution in [2.24, 2.45) is 0 Å². The van der Waals surface area contributed by atoms with Gasteiger partial charge < -0.3 is 10.0 Å². The maximum atomic E-state index is 13.5. The average molecular weight is 337 g/mol. The van der Waals surface area contributed by atoms with Gasteiger partial charge in [0, 0.05) is 39.1 Å². The van der Waals surface area contributed by atoms with Crippen LogP contribution in [-0.4, -0.2) is 53.6 Å². The SMILES string of the molecule is CN(CCC#N)C(=O)CCN1C[C@H](O)C[C@@H]1c1ccc(F)c(F)c1. The van der Waals surface area contributed by atoms with E-state index in [1.807, 2.05) is 11.0 Å². The smallest absolute Gasteiger partial charge is 0.223 e. The molecule has 1 aliphatic rings. The van der Waals surface area contributed by atoms with Gasteiger partial charge in [-0.25, -0.2) is 8.78 Å². The molecule has 0 spiro atoms. The Hall–Kier alpha value is -2.04. The molecule has 7 heteroatoms. The number of benzene rings is 1. The van der Waals surface area contributed by atoms with Crippen LogP contribution in [0.2, 0.25) is 0 Å². The molecular weight excluding hydrogens is 316 g/mol. The van der Waals surface area contributed by atoms with E-state index in [-0.39, 0.29) is 24.8 Å². The van der Waals surface area contributed by atoms with Crippen LogP contribution < -0.4 is 0 Å². The lowest BCUT2D eigenvalue weighted by molar-refractivity contribution is -0.130. The van der Waals surface area contributed by atoms with Crippen LogP contribution in [0, 0.1) is 23.0 Å². The van der Waals surface area contributed by atoms with Gasteiger partial charge in [0.05, 0.1) is 18.6 Å². The molecule has 0 unspecified atom stereocenters. The molecule has 1 aromatic carbocycles. The fourth-order valence-corrected chi connectivity index (χ4v) is 2.97. The molecule has 1 saturated heterocycles. The van der Waals surface area contributed by atoms with E-state index in [1.165, 1.54) is 11.0 Å². The predicted octanol–water partition coefficient (Wildman–Crippen LogP) is 1.83. The molecule has 5 nitrogen and oxygen atoms in total. The van der Waals surface area contributed by atoms with E-state index in [1.54, 1.807) is 7.05 Å². The number of β-amino-alcohol motifs (C(OH)–C–C–N with tert-alkyl or cyclic N) is 1. The Morgan fingerprint density at radius 3 is 2.88 bits per heavy atom. The van der Waals surface area contributed by atoms with Gasteiger partial charge in [-0.3, -0.25) is 9.69 Å². The molecule has 1 aromatic rings. The second-order valence-electron chi connectivity index (χ2n) is 6.05. The number of nitrogens with zero attached hydrogens (tertiary/aromatic N) is 3. The third-order valence-corrected chi connectivity index (χ3v) is 4.31. The van der Waals surface area contributed by atoms with Crippen LogP contribution in [0.4, 0.5) is 8.78 Å². The molecule has 1 aliphatic heterocycles. The van der Waals surface area contributed by atoms with Crippen molar-refractivity contribution in [2.75, 3.05) is 26.7 Å². The molecule has 2 rings (SSSR count). The third-order valence-electron chi connectivity index (χ3n) is 4.31. The van der Waals surface area contributed by atoms with E-state index in [9.17, 15) is 18.7 Å². The minimum absolute atomic E-state index is 0.0873. The molecule has 1 N–H and O–H groups in total. The topological polar surface area (TPSA) is 67.6 Å². The summed E-state index contributed by atoms with van der Waals surface area (Å²) in [7, 11) is 1.64. The second-order valence-corrected chi connectivity index (χ2v) is 6.05. The molecule has 0 aromatic heterocycles. The van der Waals surface area contributed by atoms with E-state index >= 15 is 0 Å². The van der Waals surface area contributed by atoms with Crippen molar-refractivity contribution >= 4 is 5.91 Å². The summed E-state index contributed by atoms with van der Waals surface area (Å²) >= 11 is 0. The maximum Gasteiger partial charge on any atom is 0.223 e. The maximum absolute atomic E-state index is 13.5. The summed E-state index contributed by atoms with van der Waals surface area (Å²) in [6, 6.07) is 5.48. The number of aliphatic hydroxyl groups is 1. The number of hydrogen-bond donors (Lipinski definition) is 1. The number of likely N-dealkylation sites (tertiary alicyclic amines) is 1. The minimum atomic E-state index is -0.916. The number of nitriles is 1. The van der Waals surface area contributed by atoms with Gasteiger partial charge in [0.25, 0.3) is 0 Å². The van der Waals surface area contributed by atoms with Gasteiger partial charge in [-0.1, -0.05) is 6.07 Å². The summed E-state index contributed by atoms with van der Waals surface area (Å²) in [5.41, 5.74) is 0.593. The van der Waals surface area contributed by atoms with Crippen molar-refractivity contribution in [3.63, 3.8) is 0 Å². The lowest BCUT2D eigenvalue weighted by atomic mass is 10.0. The Morgan fingerprint density at radius 2 is 2.21 bits per heavy atom. The molecule has 1 fully saturated rings. The number of rotatable bonds is 6. The first-order chi connectivity index (χ1) is 11.4. The number of amides is 1. The Morgan fingerprint density at radius 1 is 1.46 bits per heavy atom. The molecule has 1 heterocycles. The Balaban J connectivity index is 1.99. The Bertz CT molecular complexity index is 633. The Kier molecular flexibility index (Phi) is 6.23. The largest absolute Gasteiger partial charge is 0.392 e. The van der Waals surface area contributed by atoms with Crippen LogP contribution in [0.5, 0.6) is 0 Å². The lowest BCUT2D eigenvalue weighted by Gasteiger charge is -2.25. The first-order valence-electron chi connectivity index (χ1n) is 7.90. The fourth-order valence-electron chi connectivity index (χ4n) is 2.97. The van der Waals surface area contributed by atoms with Crippen molar-refractivity contribution in [1.29, 1.82) is 5.26 Å². The molecule has 1 amide bonds. The molecule has 0 saturated carbocycles. The standard InChI is InChI=1S/C17H21F2N3O2/c1-21(7-2-6-20)17(24)5-8-22-11-13(23)10-16(22)12-3-4-14(18)15(19)9-12/h3-4,9,13,16,23H,2,5,7-8,10-11H2,1H3/t13-,16-/m1/s1. The van der Waals surface area contributed by atoms with Crippen LogP contribution in [-0.2, 0) is 4.79 Å². The summed E-state index contributed by atoms with van der Waals surface area (Å²) in [6.45, 7) is 1.18. The van der Waals surface area contributed by atoms with Gasteiger partial charge >= 0.3 is 0 Å². The van der Waals surface area contributed by atoms with Crippen molar-refractivity contribution in [3.8, 4) is 6.07 Å². The van der Waals surface area contributed by atoms with Crippen LogP contribution >= 0.6 is 0 Å². The average Bonchev–Trinajstić information content (AvgIpc) is 2.93. The summed E-state index contributed by atoms with van der Waals surface area (Å²) in [4.78, 5) is 15.5. The predicted molar refractivity (Wildman–Crippen MR) is 83.8 cm³/mol. The highest BCUT2D eigenvalue weighted by atomic mass is 19.2. The molecule has 24 heavy (non-hydrogen) atoms. The monoisotopic (exact) mass is 337 g/mol. The number of carbonyl (C=O) groups excluding carboxylic acids is 1. The number of hydrogen-bond acceptors (Lipinski definition) is 4. The second kappa shape index (κ2) is 8.18. The van der Waals surface area contributed by atoms with Crippen LogP contribution in [0.15, 0.2) is 18.2 Å². The Labute approximate surface area is 140 Å². The third kappa shape index (κ3) is 4.49. The lowest BCUT2D eigenvalue weighted by Crippen LogP contribution is -2.33. The molecular formula is C17H21F2N3O2. The normalized spacial score (nSPS) is 20.8. The number of halogens is 2. The first kappa shape index (κ1) is 18.3. The van der Waals surface area contributed by atoms with Gasteiger partial charge in [0.15, 0.2) is 11.6 Å². The molecule has 0 radical (unpaired) electrons. The van der Waals surface area contributed by atoms with Crippen molar-refractivity contribution in [1.82, 2.24) is 9.80 Å². The van der Waals surface area contributed by atoms with Gasteiger partial charge in [-0.2, -0.15) is 5.26 Å². The fraction of sp³-hybridized carbons (Fsp3) is 0.529. The van der Waals surface area contributed by atoms with E-state index in [4.69, 9.17) is 5.26 Å². The van der Waals surface area contributed by atoms with E-state index in [0.717, 1.165) is 12.1 Å². The van der Waals surface area contributed by atoms with E-state index in [0.29, 0.717) is 31.6 Å². The van der Waals surface area contributed by atoms with Crippen molar-refractivity contribution in [2.45, 2.75) is 31.4 Å². The van der Waals surface area contributed by atoms with Crippen molar-refractivity contribution < 1.29 is 18.7 Å². The van der Waals surface area contributed by atoms with Crippen LogP contribution in [0.1, 0.15) is 30.9 Å². The highest BCUT2D eigenvalue weighted by Crippen LogP contribution is 2.32.